The van der Waals surface area contributed by atoms with Crippen LogP contribution >= 0.6 is 35.3 Å². The second kappa shape index (κ2) is 8.79. The Bertz CT molecular complexity index is 586. The van der Waals surface area contributed by atoms with Gasteiger partial charge in [0, 0.05) is 0 Å². The van der Waals surface area contributed by atoms with Gasteiger partial charge in [-0.05, 0) is 0 Å². The third-order valence-electron chi connectivity index (χ3n) is 2.06. The fourth-order valence-electron chi connectivity index (χ4n) is 1.23. The highest BCUT2D eigenvalue weighted by Gasteiger charge is 2.43. The van der Waals surface area contributed by atoms with Gasteiger partial charge in [0.2, 0.25) is 0 Å². The van der Waals surface area contributed by atoms with Crippen LogP contribution in [0.4, 0.5) is 0 Å². The van der Waals surface area contributed by atoms with Crippen molar-refractivity contribution < 1.29 is 39.6 Å². The molecule has 0 fully saturated rings. The first-order valence-electron chi connectivity index (χ1n) is 5.89. The molecule has 0 aromatic carbocycles. The Morgan fingerprint density at radius 3 is 1.58 bits per heavy atom. The van der Waals surface area contributed by atoms with Crippen molar-refractivity contribution >= 4 is 69.5 Å². The molecule has 0 saturated heterocycles. The molecule has 0 aromatic heterocycles. The van der Waals surface area contributed by atoms with Crippen LogP contribution < -0.4 is 5.32 Å². The van der Waals surface area contributed by atoms with Crippen molar-refractivity contribution in [1.82, 2.24) is 5.32 Å². The van der Waals surface area contributed by atoms with Crippen LogP contribution in [0.15, 0.2) is 9.98 Å². The number of amidine groups is 2. The maximum Gasteiger partial charge on any atom is 0.365 e. The lowest BCUT2D eigenvalue weighted by molar-refractivity contribution is -0.139. The molecule has 0 saturated carbocycles. The van der Waals surface area contributed by atoms with Crippen molar-refractivity contribution in [2.45, 2.75) is 4.99 Å². The van der Waals surface area contributed by atoms with Gasteiger partial charge in [-0.1, -0.05) is 35.3 Å². The van der Waals surface area contributed by atoms with Crippen LogP contribution in [0.1, 0.15) is 0 Å². The predicted molar refractivity (Wildman–Crippen MR) is 88.7 cm³/mol. The Hall–Kier alpha value is -1.93. The van der Waals surface area contributed by atoms with E-state index in [4.69, 9.17) is 15.3 Å². The van der Waals surface area contributed by atoms with E-state index < -0.39 is 46.1 Å². The highest BCUT2D eigenvalue weighted by atomic mass is 32.2. The number of nitrogens with one attached hydrogen (secondary N) is 1. The van der Waals surface area contributed by atoms with Crippen LogP contribution in [-0.2, 0) is 19.2 Å². The van der Waals surface area contributed by atoms with Crippen molar-refractivity contribution in [3.8, 4) is 0 Å². The molecule has 0 aliphatic carbocycles. The molecule has 0 unspecified atom stereocenters. The van der Waals surface area contributed by atoms with Crippen LogP contribution in [-0.4, -0.2) is 76.9 Å². The number of thioether (sulfide) groups is 3. The van der Waals surface area contributed by atoms with E-state index in [1.165, 1.54) is 0 Å². The molecule has 0 bridgehead atoms. The molecular formula is C10H11N3O8S3. The zero-order valence-electron chi connectivity index (χ0n) is 11.7. The Morgan fingerprint density at radius 2 is 1.25 bits per heavy atom. The number of carboxylic acid groups (broad SMARTS) is 4. The lowest BCUT2D eigenvalue weighted by atomic mass is 10.5. The van der Waals surface area contributed by atoms with Gasteiger partial charge in [-0.2, -0.15) is 0 Å². The summed E-state index contributed by atoms with van der Waals surface area (Å²) >= 11 is 1.74. The Morgan fingerprint density at radius 1 is 0.833 bits per heavy atom. The van der Waals surface area contributed by atoms with Gasteiger partial charge >= 0.3 is 28.9 Å². The zero-order chi connectivity index (χ0) is 18.3. The molecular weight excluding hydrogens is 386 g/mol. The van der Waals surface area contributed by atoms with E-state index in [1.54, 1.807) is 0 Å². The monoisotopic (exact) mass is 397 g/mol. The van der Waals surface area contributed by atoms with Crippen molar-refractivity contribution in [2.75, 3.05) is 17.3 Å². The van der Waals surface area contributed by atoms with Crippen molar-refractivity contribution in [3.05, 3.63) is 0 Å². The van der Waals surface area contributed by atoms with Crippen LogP contribution in [0.2, 0.25) is 0 Å². The molecule has 14 heteroatoms. The third kappa shape index (κ3) is 6.29. The number of carboxylic acids is 4. The molecule has 0 amide bonds. The average Bonchev–Trinajstić information content (AvgIpc) is 2.48. The summed E-state index contributed by atoms with van der Waals surface area (Å²) in [6, 6.07) is 0. The topological polar surface area (TPSA) is 186 Å². The van der Waals surface area contributed by atoms with Crippen molar-refractivity contribution in [1.29, 1.82) is 0 Å². The predicted octanol–water partition coefficient (Wildman–Crippen LogP) is -0.507. The molecule has 11 nitrogen and oxygen atoms in total. The van der Waals surface area contributed by atoms with Crippen LogP contribution in [0.3, 0.4) is 0 Å². The summed E-state index contributed by atoms with van der Waals surface area (Å²) in [5.74, 6) is -6.67. The Balaban J connectivity index is 3.11. The lowest BCUT2D eigenvalue weighted by Gasteiger charge is -2.26. The Labute approximate surface area is 147 Å². The zero-order valence-corrected chi connectivity index (χ0v) is 14.1. The first-order chi connectivity index (χ1) is 11.1. The number of rotatable bonds is 8. The summed E-state index contributed by atoms with van der Waals surface area (Å²) in [4.78, 5) is 48.9. The summed E-state index contributed by atoms with van der Waals surface area (Å²) in [6.07, 6.45) is 0. The molecule has 132 valence electrons. The van der Waals surface area contributed by atoms with Crippen molar-refractivity contribution in [2.24, 2.45) is 9.98 Å². The number of aliphatic carboxylic acids is 4. The largest absolute Gasteiger partial charge is 0.481 e. The second-order valence-electron chi connectivity index (χ2n) is 3.92. The second-order valence-corrected chi connectivity index (χ2v) is 6.99. The molecule has 1 rings (SSSR count). The molecule has 1 heterocycles. The molecule has 0 atom stereocenters. The van der Waals surface area contributed by atoms with E-state index in [0.29, 0.717) is 35.3 Å². The molecule has 1 aliphatic rings. The molecule has 1 aliphatic heterocycles. The average molecular weight is 397 g/mol. The fraction of sp³-hybridized carbons (Fsp3) is 0.400. The van der Waals surface area contributed by atoms with Gasteiger partial charge in [0.05, 0.1) is 17.3 Å². The summed E-state index contributed by atoms with van der Waals surface area (Å²) < 4.78 is 0. The van der Waals surface area contributed by atoms with Crippen LogP contribution in [0.25, 0.3) is 0 Å². The molecule has 24 heavy (non-hydrogen) atoms. The van der Waals surface area contributed by atoms with E-state index in [0.717, 1.165) is 0 Å². The summed E-state index contributed by atoms with van der Waals surface area (Å²) in [6.45, 7) is 0. The van der Waals surface area contributed by atoms with E-state index in [9.17, 15) is 24.3 Å². The number of hydrogen-bond acceptors (Lipinski definition) is 10. The highest BCUT2D eigenvalue weighted by Crippen LogP contribution is 2.33. The lowest BCUT2D eigenvalue weighted by Crippen LogP contribution is -2.43. The molecule has 0 spiro atoms. The first-order valence-corrected chi connectivity index (χ1v) is 8.85. The van der Waals surface area contributed by atoms with E-state index in [2.05, 4.69) is 15.3 Å². The highest BCUT2D eigenvalue weighted by molar-refractivity contribution is 8.16. The number of aliphatic imine (C=N–C) groups is 2. The smallest absolute Gasteiger partial charge is 0.365 e. The standard InChI is InChI=1S/C10H11N3O8S3/c14-4(15)1-22-8-11-9(23-2-5(16)17)13-10(12-8,7(20)21)24-3-6(18)19/h1-3H2,(H,14,15)(H,16,17)(H,18,19)(H,20,21)(H,11,12,13). The third-order valence-corrected chi connectivity index (χ3v) is 4.93. The van der Waals surface area contributed by atoms with Gasteiger partial charge < -0.3 is 25.7 Å². The SMILES string of the molecule is O=C(O)CSC1=NC(SCC(=O)O)(C(=O)O)N=C(SCC(=O)O)N1. The van der Waals surface area contributed by atoms with Crippen LogP contribution in [0.5, 0.6) is 0 Å². The van der Waals surface area contributed by atoms with Crippen LogP contribution in [0, 0.1) is 0 Å². The fourth-order valence-corrected chi connectivity index (χ4v) is 3.42. The molecule has 5 N–H and O–H groups in total. The minimum absolute atomic E-state index is 0.111. The van der Waals surface area contributed by atoms with E-state index in [1.807, 2.05) is 0 Å². The quantitative estimate of drug-likeness (QED) is 0.354. The number of hydrogen-bond donors (Lipinski definition) is 5. The number of nitrogens with zero attached hydrogens (tertiary/aromatic N) is 2. The van der Waals surface area contributed by atoms with Gasteiger partial charge in [-0.15, -0.1) is 0 Å². The van der Waals surface area contributed by atoms with Gasteiger partial charge in [-0.3, -0.25) is 14.4 Å². The maximum absolute atomic E-state index is 11.5. The molecule has 0 aromatic rings. The summed E-state index contributed by atoms with van der Waals surface area (Å²) in [7, 11) is 0. The van der Waals surface area contributed by atoms with Gasteiger partial charge in [-0.25, -0.2) is 14.8 Å². The Kier molecular flexibility index (Phi) is 7.37. The minimum atomic E-state index is -2.23. The van der Waals surface area contributed by atoms with Gasteiger partial charge in [0.1, 0.15) is 0 Å². The normalized spacial score (nSPS) is 15.7. The number of carbonyl (C=O) groups is 4. The van der Waals surface area contributed by atoms with E-state index >= 15 is 0 Å². The first kappa shape index (κ1) is 20.1. The maximum atomic E-state index is 11.5. The van der Waals surface area contributed by atoms with E-state index in [-0.39, 0.29) is 10.3 Å². The van der Waals surface area contributed by atoms with Gasteiger partial charge in [0.25, 0.3) is 0 Å². The summed E-state index contributed by atoms with van der Waals surface area (Å²) in [5.41, 5.74) is 0. The van der Waals surface area contributed by atoms with Gasteiger partial charge in [0.15, 0.2) is 10.3 Å². The van der Waals surface area contributed by atoms with Crippen molar-refractivity contribution in [3.63, 3.8) is 0 Å². The summed E-state index contributed by atoms with van der Waals surface area (Å²) in [5, 5.41) is 37.8. The molecule has 0 radical (unpaired) electrons. The minimum Gasteiger partial charge on any atom is -0.481 e.